The molecule has 1 aliphatic heterocycles. The van der Waals surface area contributed by atoms with Gasteiger partial charge in [-0.2, -0.15) is 0 Å². The fourth-order valence-electron chi connectivity index (χ4n) is 2.24. The number of rotatable bonds is 4. The maximum atomic E-state index is 11.9. The van der Waals surface area contributed by atoms with Crippen LogP contribution in [-0.4, -0.2) is 22.9 Å². The number of thiazole rings is 1. The van der Waals surface area contributed by atoms with Crippen LogP contribution in [0.2, 0.25) is 0 Å². The van der Waals surface area contributed by atoms with Gasteiger partial charge in [-0.05, 0) is 25.1 Å². The van der Waals surface area contributed by atoms with Gasteiger partial charge in [0.2, 0.25) is 6.79 Å². The molecule has 3 aromatic rings. The highest BCUT2D eigenvalue weighted by atomic mass is 32.1. The van der Waals surface area contributed by atoms with Crippen LogP contribution in [0.15, 0.2) is 34.2 Å². The lowest BCUT2D eigenvalue weighted by molar-refractivity contribution is 0.0458. The Bertz CT molecular complexity index is 902. The van der Waals surface area contributed by atoms with Crippen molar-refractivity contribution in [1.29, 1.82) is 0 Å². The molecule has 2 aromatic heterocycles. The van der Waals surface area contributed by atoms with Gasteiger partial charge in [0.1, 0.15) is 12.3 Å². The van der Waals surface area contributed by atoms with E-state index in [1.807, 2.05) is 25.1 Å². The van der Waals surface area contributed by atoms with Gasteiger partial charge in [-0.1, -0.05) is 5.16 Å². The second-order valence-electron chi connectivity index (χ2n) is 5.08. The van der Waals surface area contributed by atoms with E-state index in [1.165, 1.54) is 11.3 Å². The second kappa shape index (κ2) is 5.97. The normalized spacial score (nSPS) is 12.4. The molecular formula is C16H12N2O5S. The Morgan fingerprint density at radius 3 is 3.00 bits per heavy atom. The third kappa shape index (κ3) is 2.83. The van der Waals surface area contributed by atoms with Gasteiger partial charge in [-0.15, -0.1) is 11.3 Å². The first kappa shape index (κ1) is 14.7. The summed E-state index contributed by atoms with van der Waals surface area (Å²) in [6.45, 7) is 2.06. The van der Waals surface area contributed by atoms with E-state index in [-0.39, 0.29) is 13.4 Å². The average molecular weight is 344 g/mol. The van der Waals surface area contributed by atoms with Crippen LogP contribution in [0.4, 0.5) is 0 Å². The highest BCUT2D eigenvalue weighted by Crippen LogP contribution is 2.36. The predicted octanol–water partition coefficient (Wildman–Crippen LogP) is 3.19. The van der Waals surface area contributed by atoms with Crippen LogP contribution in [0.3, 0.4) is 0 Å². The zero-order valence-corrected chi connectivity index (χ0v) is 13.5. The Labute approximate surface area is 140 Å². The summed E-state index contributed by atoms with van der Waals surface area (Å²) in [5.41, 5.74) is 1.62. The molecule has 0 saturated carbocycles. The smallest absolute Gasteiger partial charge is 0.358 e. The van der Waals surface area contributed by atoms with E-state index < -0.39 is 5.97 Å². The molecule has 7 nitrogen and oxygen atoms in total. The zero-order chi connectivity index (χ0) is 16.5. The number of fused-ring (bicyclic) bond motifs is 1. The number of aryl methyl sites for hydroxylation is 1. The second-order valence-corrected chi connectivity index (χ2v) is 6.14. The summed E-state index contributed by atoms with van der Waals surface area (Å²) in [5.74, 6) is 1.44. The van der Waals surface area contributed by atoms with Crippen LogP contribution in [0.5, 0.6) is 11.5 Å². The molecule has 122 valence electrons. The molecule has 0 spiro atoms. The molecule has 0 atom stereocenters. The minimum atomic E-state index is -0.480. The molecule has 0 saturated heterocycles. The van der Waals surface area contributed by atoms with E-state index in [0.29, 0.717) is 28.6 Å². The average Bonchev–Trinajstić information content (AvgIpc) is 3.32. The zero-order valence-electron chi connectivity index (χ0n) is 12.6. The number of ether oxygens (including phenoxy) is 3. The van der Waals surface area contributed by atoms with E-state index in [2.05, 4.69) is 10.1 Å². The fourth-order valence-corrected chi connectivity index (χ4v) is 2.82. The third-order valence-electron chi connectivity index (χ3n) is 3.40. The Morgan fingerprint density at radius 2 is 2.17 bits per heavy atom. The van der Waals surface area contributed by atoms with E-state index in [0.717, 1.165) is 10.6 Å². The summed E-state index contributed by atoms with van der Waals surface area (Å²) in [7, 11) is 0. The van der Waals surface area contributed by atoms with Crippen LogP contribution in [0, 0.1) is 6.92 Å². The van der Waals surface area contributed by atoms with Crippen molar-refractivity contribution in [2.24, 2.45) is 0 Å². The predicted molar refractivity (Wildman–Crippen MR) is 84.0 cm³/mol. The SMILES string of the molecule is Cc1nc(C(=O)OCc2cc(-c3ccc4c(c3)OCO4)on2)cs1. The number of benzene rings is 1. The van der Waals surface area contributed by atoms with Crippen LogP contribution in [0.25, 0.3) is 11.3 Å². The van der Waals surface area contributed by atoms with Gasteiger partial charge in [0.05, 0.1) is 5.01 Å². The Hall–Kier alpha value is -2.87. The van der Waals surface area contributed by atoms with E-state index >= 15 is 0 Å². The first-order valence-electron chi connectivity index (χ1n) is 7.14. The molecule has 24 heavy (non-hydrogen) atoms. The number of esters is 1. The van der Waals surface area contributed by atoms with Crippen molar-refractivity contribution >= 4 is 17.3 Å². The van der Waals surface area contributed by atoms with Gasteiger partial charge in [0, 0.05) is 17.0 Å². The Morgan fingerprint density at radius 1 is 1.29 bits per heavy atom. The summed E-state index contributed by atoms with van der Waals surface area (Å²) >= 11 is 1.40. The lowest BCUT2D eigenvalue weighted by Gasteiger charge is -1.99. The number of aromatic nitrogens is 2. The molecule has 0 aliphatic carbocycles. The molecule has 0 amide bonds. The standard InChI is InChI=1S/C16H12N2O5S/c1-9-17-12(7-24-9)16(19)20-6-11-5-14(23-18-11)10-2-3-13-15(4-10)22-8-21-13/h2-5,7H,6,8H2,1H3. The third-order valence-corrected chi connectivity index (χ3v) is 4.17. The molecule has 3 heterocycles. The van der Waals surface area contributed by atoms with Crippen molar-refractivity contribution in [1.82, 2.24) is 10.1 Å². The Balaban J connectivity index is 1.44. The van der Waals surface area contributed by atoms with Crippen molar-refractivity contribution in [3.63, 3.8) is 0 Å². The molecule has 1 aromatic carbocycles. The molecule has 0 N–H and O–H groups in total. The fraction of sp³-hybridized carbons (Fsp3) is 0.188. The van der Waals surface area contributed by atoms with Crippen molar-refractivity contribution in [2.45, 2.75) is 13.5 Å². The lowest BCUT2D eigenvalue weighted by atomic mass is 10.1. The van der Waals surface area contributed by atoms with Gasteiger partial charge >= 0.3 is 5.97 Å². The van der Waals surface area contributed by atoms with Crippen LogP contribution in [-0.2, 0) is 11.3 Å². The number of hydrogen-bond donors (Lipinski definition) is 0. The maximum Gasteiger partial charge on any atom is 0.358 e. The first-order chi connectivity index (χ1) is 11.7. The highest BCUT2D eigenvalue weighted by molar-refractivity contribution is 7.09. The van der Waals surface area contributed by atoms with Crippen molar-refractivity contribution < 1.29 is 23.5 Å². The largest absolute Gasteiger partial charge is 0.454 e. The van der Waals surface area contributed by atoms with Gasteiger partial charge in [-0.25, -0.2) is 9.78 Å². The maximum absolute atomic E-state index is 11.9. The monoisotopic (exact) mass is 344 g/mol. The molecule has 8 heteroatoms. The number of hydrogen-bond acceptors (Lipinski definition) is 8. The topological polar surface area (TPSA) is 83.7 Å². The summed E-state index contributed by atoms with van der Waals surface area (Å²) in [6.07, 6.45) is 0. The summed E-state index contributed by atoms with van der Waals surface area (Å²) < 4.78 is 21.1. The molecule has 0 bridgehead atoms. The highest BCUT2D eigenvalue weighted by Gasteiger charge is 2.17. The van der Waals surface area contributed by atoms with Gasteiger partial charge in [-0.3, -0.25) is 0 Å². The van der Waals surface area contributed by atoms with Gasteiger partial charge in [0.15, 0.2) is 23.0 Å². The van der Waals surface area contributed by atoms with Crippen molar-refractivity contribution in [2.75, 3.05) is 6.79 Å². The van der Waals surface area contributed by atoms with Gasteiger partial charge < -0.3 is 18.7 Å². The Kier molecular flexibility index (Phi) is 3.66. The minimum Gasteiger partial charge on any atom is -0.454 e. The van der Waals surface area contributed by atoms with Crippen LogP contribution < -0.4 is 9.47 Å². The van der Waals surface area contributed by atoms with Crippen molar-refractivity contribution in [3.05, 3.63) is 46.0 Å². The van der Waals surface area contributed by atoms with Crippen LogP contribution >= 0.6 is 11.3 Å². The number of nitrogens with zero attached hydrogens (tertiary/aromatic N) is 2. The van der Waals surface area contributed by atoms with Gasteiger partial charge in [0.25, 0.3) is 0 Å². The molecule has 1 aliphatic rings. The quantitative estimate of drug-likeness (QED) is 0.672. The summed E-state index contributed by atoms with van der Waals surface area (Å²) in [5, 5.41) is 6.39. The summed E-state index contributed by atoms with van der Waals surface area (Å²) in [4.78, 5) is 16.0. The number of carbonyl (C=O) groups is 1. The molecule has 0 radical (unpaired) electrons. The minimum absolute atomic E-state index is 0.0173. The number of carbonyl (C=O) groups excluding carboxylic acids is 1. The lowest BCUT2D eigenvalue weighted by Crippen LogP contribution is -2.05. The molecular weight excluding hydrogens is 332 g/mol. The molecule has 0 fully saturated rings. The van der Waals surface area contributed by atoms with Crippen molar-refractivity contribution in [3.8, 4) is 22.8 Å². The molecule has 0 unspecified atom stereocenters. The van der Waals surface area contributed by atoms with E-state index in [1.54, 1.807) is 11.4 Å². The van der Waals surface area contributed by atoms with E-state index in [4.69, 9.17) is 18.7 Å². The molecule has 4 rings (SSSR count). The van der Waals surface area contributed by atoms with Crippen LogP contribution in [0.1, 0.15) is 21.2 Å². The first-order valence-corrected chi connectivity index (χ1v) is 8.02. The van der Waals surface area contributed by atoms with E-state index in [9.17, 15) is 4.79 Å². The summed E-state index contributed by atoms with van der Waals surface area (Å²) in [6, 6.07) is 7.19.